The van der Waals surface area contributed by atoms with Gasteiger partial charge in [-0.15, -0.1) is 0 Å². The molecule has 0 radical (unpaired) electrons. The van der Waals surface area contributed by atoms with Crippen LogP contribution in [0, 0.1) is 0 Å². The lowest BCUT2D eigenvalue weighted by molar-refractivity contribution is -0.139. The van der Waals surface area contributed by atoms with E-state index in [4.69, 9.17) is 9.15 Å². The van der Waals surface area contributed by atoms with Crippen LogP contribution in [0.2, 0.25) is 0 Å². The molecule has 6 nitrogen and oxygen atoms in total. The van der Waals surface area contributed by atoms with Gasteiger partial charge in [0.15, 0.2) is 4.80 Å². The first-order chi connectivity index (χ1) is 14.0. The summed E-state index contributed by atoms with van der Waals surface area (Å²) in [4.78, 5) is 31.1. The number of benzene rings is 1. The number of carbonyl (C=O) groups is 1. The number of allylic oxidation sites excluding steroid dienone is 1. The Balaban J connectivity index is 1.97. The summed E-state index contributed by atoms with van der Waals surface area (Å²) in [6.07, 6.45) is 3.24. The van der Waals surface area contributed by atoms with Gasteiger partial charge in [-0.1, -0.05) is 39.4 Å². The van der Waals surface area contributed by atoms with Crippen molar-refractivity contribution in [1.29, 1.82) is 0 Å². The van der Waals surface area contributed by atoms with Gasteiger partial charge >= 0.3 is 5.97 Å². The molecule has 0 saturated carbocycles. The SMILES string of the molecule is CCOC(=O)C1=C(C)N=c2sc(=Cc3ccco3)c(=O)n2C1c1ccc(Br)cc1. The number of aromatic nitrogens is 1. The molecule has 1 unspecified atom stereocenters. The van der Waals surface area contributed by atoms with E-state index in [1.54, 1.807) is 42.9 Å². The van der Waals surface area contributed by atoms with Crippen molar-refractivity contribution in [2.24, 2.45) is 4.99 Å². The summed E-state index contributed by atoms with van der Waals surface area (Å²) in [5.74, 6) is 0.110. The smallest absolute Gasteiger partial charge is 0.338 e. The van der Waals surface area contributed by atoms with Gasteiger partial charge in [0.05, 0.1) is 34.7 Å². The van der Waals surface area contributed by atoms with Crippen LogP contribution < -0.4 is 14.9 Å². The second-order valence-electron chi connectivity index (χ2n) is 6.37. The molecule has 3 aromatic rings. The highest BCUT2D eigenvalue weighted by Gasteiger charge is 2.33. The van der Waals surface area contributed by atoms with Gasteiger partial charge in [0.1, 0.15) is 5.76 Å². The quantitative estimate of drug-likeness (QED) is 0.546. The first-order valence-electron chi connectivity index (χ1n) is 8.98. The average molecular weight is 473 g/mol. The van der Waals surface area contributed by atoms with Crippen LogP contribution in [-0.4, -0.2) is 17.1 Å². The Morgan fingerprint density at radius 2 is 2.10 bits per heavy atom. The normalized spacial score (nSPS) is 16.5. The average Bonchev–Trinajstić information content (AvgIpc) is 3.30. The zero-order valence-corrected chi connectivity index (χ0v) is 18.1. The van der Waals surface area contributed by atoms with E-state index in [1.807, 2.05) is 24.3 Å². The highest BCUT2D eigenvalue weighted by molar-refractivity contribution is 9.10. The lowest BCUT2D eigenvalue weighted by atomic mass is 9.96. The Labute approximate surface area is 178 Å². The van der Waals surface area contributed by atoms with Crippen LogP contribution in [0.5, 0.6) is 0 Å². The van der Waals surface area contributed by atoms with Crippen molar-refractivity contribution in [2.45, 2.75) is 19.9 Å². The monoisotopic (exact) mass is 472 g/mol. The van der Waals surface area contributed by atoms with Crippen LogP contribution in [-0.2, 0) is 9.53 Å². The van der Waals surface area contributed by atoms with Gasteiger partial charge in [-0.2, -0.15) is 0 Å². The molecule has 1 atom stereocenters. The van der Waals surface area contributed by atoms with Crippen LogP contribution in [0.1, 0.15) is 31.2 Å². The molecule has 0 aliphatic carbocycles. The number of hydrogen-bond acceptors (Lipinski definition) is 6. The maximum absolute atomic E-state index is 13.3. The van der Waals surface area contributed by atoms with E-state index in [1.165, 1.54) is 11.3 Å². The molecule has 2 aromatic heterocycles. The summed E-state index contributed by atoms with van der Waals surface area (Å²) in [6.45, 7) is 3.76. The number of fused-ring (bicyclic) bond motifs is 1. The number of ether oxygens (including phenoxy) is 1. The third-order valence-electron chi connectivity index (χ3n) is 4.52. The molecule has 0 saturated heterocycles. The summed E-state index contributed by atoms with van der Waals surface area (Å²) in [6, 6.07) is 10.5. The molecular weight excluding hydrogens is 456 g/mol. The number of hydrogen-bond donors (Lipinski definition) is 0. The molecule has 29 heavy (non-hydrogen) atoms. The Hall–Kier alpha value is -2.71. The minimum atomic E-state index is -0.614. The van der Waals surface area contributed by atoms with Crippen molar-refractivity contribution in [3.63, 3.8) is 0 Å². The number of halogens is 1. The van der Waals surface area contributed by atoms with Crippen molar-refractivity contribution in [3.05, 3.63) is 89.4 Å². The third-order valence-corrected chi connectivity index (χ3v) is 6.03. The zero-order valence-electron chi connectivity index (χ0n) is 15.7. The molecular formula is C21H17BrN2O4S. The Kier molecular flexibility index (Phi) is 5.38. The number of nitrogens with zero attached hydrogens (tertiary/aromatic N) is 2. The van der Waals surface area contributed by atoms with E-state index >= 15 is 0 Å². The Bertz CT molecular complexity index is 1270. The van der Waals surface area contributed by atoms with Gasteiger partial charge in [0.25, 0.3) is 5.56 Å². The van der Waals surface area contributed by atoms with Crippen molar-refractivity contribution in [2.75, 3.05) is 6.61 Å². The molecule has 0 N–H and O–H groups in total. The molecule has 3 heterocycles. The minimum absolute atomic E-state index is 0.229. The maximum Gasteiger partial charge on any atom is 0.338 e. The van der Waals surface area contributed by atoms with Crippen LogP contribution in [0.15, 0.2) is 72.6 Å². The van der Waals surface area contributed by atoms with E-state index < -0.39 is 12.0 Å². The van der Waals surface area contributed by atoms with Crippen LogP contribution >= 0.6 is 27.3 Å². The van der Waals surface area contributed by atoms with Crippen molar-refractivity contribution >= 4 is 39.3 Å². The topological polar surface area (TPSA) is 73.8 Å². The molecule has 8 heteroatoms. The third kappa shape index (κ3) is 3.65. The van der Waals surface area contributed by atoms with Gasteiger partial charge in [0.2, 0.25) is 0 Å². The summed E-state index contributed by atoms with van der Waals surface area (Å²) in [5, 5.41) is 0. The highest BCUT2D eigenvalue weighted by Crippen LogP contribution is 2.31. The molecule has 148 valence electrons. The molecule has 0 fully saturated rings. The fourth-order valence-electron chi connectivity index (χ4n) is 3.25. The van der Waals surface area contributed by atoms with E-state index in [-0.39, 0.29) is 12.2 Å². The fourth-order valence-corrected chi connectivity index (χ4v) is 4.55. The number of carbonyl (C=O) groups excluding carboxylic acids is 1. The van der Waals surface area contributed by atoms with Gasteiger partial charge in [-0.25, -0.2) is 9.79 Å². The van der Waals surface area contributed by atoms with Crippen LogP contribution in [0.25, 0.3) is 6.08 Å². The zero-order chi connectivity index (χ0) is 20.5. The summed E-state index contributed by atoms with van der Waals surface area (Å²) in [7, 11) is 0. The Morgan fingerprint density at radius 1 is 1.34 bits per heavy atom. The fraction of sp³-hybridized carbons (Fsp3) is 0.190. The first kappa shape index (κ1) is 19.6. The van der Waals surface area contributed by atoms with E-state index in [2.05, 4.69) is 20.9 Å². The summed E-state index contributed by atoms with van der Waals surface area (Å²) < 4.78 is 13.6. The first-order valence-corrected chi connectivity index (χ1v) is 10.6. The molecule has 1 aliphatic rings. The molecule has 4 rings (SSSR count). The second-order valence-corrected chi connectivity index (χ2v) is 8.29. The van der Waals surface area contributed by atoms with Gasteiger partial charge in [-0.05, 0) is 43.7 Å². The van der Waals surface area contributed by atoms with Gasteiger partial charge in [-0.3, -0.25) is 9.36 Å². The predicted octanol–water partition coefficient (Wildman–Crippen LogP) is 3.15. The number of esters is 1. The molecule has 0 bridgehead atoms. The number of rotatable bonds is 4. The van der Waals surface area contributed by atoms with Crippen LogP contribution in [0.4, 0.5) is 0 Å². The van der Waals surface area contributed by atoms with E-state index in [0.29, 0.717) is 26.4 Å². The lowest BCUT2D eigenvalue weighted by Gasteiger charge is -2.24. The van der Waals surface area contributed by atoms with E-state index in [9.17, 15) is 9.59 Å². The lowest BCUT2D eigenvalue weighted by Crippen LogP contribution is -2.39. The van der Waals surface area contributed by atoms with Crippen molar-refractivity contribution in [1.82, 2.24) is 4.57 Å². The minimum Gasteiger partial charge on any atom is -0.465 e. The number of thiazole rings is 1. The number of furan rings is 1. The summed E-state index contributed by atoms with van der Waals surface area (Å²) in [5.41, 5.74) is 1.48. The van der Waals surface area contributed by atoms with Crippen molar-refractivity contribution < 1.29 is 13.9 Å². The highest BCUT2D eigenvalue weighted by atomic mass is 79.9. The van der Waals surface area contributed by atoms with Gasteiger partial charge < -0.3 is 9.15 Å². The van der Waals surface area contributed by atoms with Crippen LogP contribution in [0.3, 0.4) is 0 Å². The molecule has 1 aromatic carbocycles. The maximum atomic E-state index is 13.3. The Morgan fingerprint density at radius 3 is 2.76 bits per heavy atom. The molecule has 1 aliphatic heterocycles. The standard InChI is InChI=1S/C21H17BrN2O4S/c1-3-27-20(26)17-12(2)23-21-24(18(17)13-6-8-14(22)9-7-13)19(25)16(29-21)11-15-5-4-10-28-15/h4-11,18H,3H2,1-2H3. The van der Waals surface area contributed by atoms with E-state index in [0.717, 1.165) is 10.0 Å². The molecule has 0 spiro atoms. The predicted molar refractivity (Wildman–Crippen MR) is 113 cm³/mol. The second kappa shape index (κ2) is 7.96. The van der Waals surface area contributed by atoms with Crippen molar-refractivity contribution in [3.8, 4) is 0 Å². The molecule has 0 amide bonds. The summed E-state index contributed by atoms with van der Waals surface area (Å²) >= 11 is 4.70. The largest absolute Gasteiger partial charge is 0.465 e. The van der Waals surface area contributed by atoms with Gasteiger partial charge in [0, 0.05) is 10.5 Å².